The van der Waals surface area contributed by atoms with Gasteiger partial charge >= 0.3 is 0 Å². The van der Waals surface area contributed by atoms with Gasteiger partial charge in [0.15, 0.2) is 0 Å². The van der Waals surface area contributed by atoms with E-state index in [0.717, 1.165) is 45.6 Å². The maximum Gasteiger partial charge on any atom is 0.104 e. The number of nitrogens with zero attached hydrogens (tertiary/aromatic N) is 2. The summed E-state index contributed by atoms with van der Waals surface area (Å²) in [5.74, 6) is 0.649. The minimum atomic E-state index is -0.689. The first-order valence-electron chi connectivity index (χ1n) is 11.5. The number of hydroxylamine groups is 1. The molecule has 0 amide bonds. The van der Waals surface area contributed by atoms with Crippen LogP contribution in [0.5, 0.6) is 0 Å². The molecule has 2 aliphatic carbocycles. The van der Waals surface area contributed by atoms with Crippen molar-refractivity contribution < 1.29 is 9.60 Å². The van der Waals surface area contributed by atoms with Crippen LogP contribution in [-0.2, 0) is 0 Å². The SMILES string of the molecule is CC1C(NO)CN2CNNC(NC3CCC4=C(CNN4CC4C=CCC(F)C4)C3)C12. The van der Waals surface area contributed by atoms with E-state index >= 15 is 0 Å². The van der Waals surface area contributed by atoms with Gasteiger partial charge in [0.1, 0.15) is 6.17 Å². The second-order valence-electron chi connectivity index (χ2n) is 9.67. The fourth-order valence-electron chi connectivity index (χ4n) is 6.09. The van der Waals surface area contributed by atoms with Crippen LogP contribution in [0.2, 0.25) is 0 Å². The third-order valence-electron chi connectivity index (χ3n) is 7.70. The Morgan fingerprint density at radius 3 is 3.10 bits per heavy atom. The Morgan fingerprint density at radius 1 is 1.37 bits per heavy atom. The lowest BCUT2D eigenvalue weighted by atomic mass is 9.90. The Kier molecular flexibility index (Phi) is 6.12. The number of allylic oxidation sites excluding steroid dienone is 2. The molecule has 6 N–H and O–H groups in total. The summed E-state index contributed by atoms with van der Waals surface area (Å²) < 4.78 is 13.7. The molecule has 0 aromatic heterocycles. The van der Waals surface area contributed by atoms with Gasteiger partial charge in [0.25, 0.3) is 0 Å². The first-order valence-corrected chi connectivity index (χ1v) is 11.5. The topological polar surface area (TPSA) is 86.9 Å². The van der Waals surface area contributed by atoms with Crippen molar-refractivity contribution in [3.63, 3.8) is 0 Å². The summed E-state index contributed by atoms with van der Waals surface area (Å²) in [5.41, 5.74) is 15.7. The Morgan fingerprint density at radius 2 is 2.27 bits per heavy atom. The van der Waals surface area contributed by atoms with Crippen molar-refractivity contribution in [3.8, 4) is 0 Å². The molecule has 0 aromatic rings. The average molecular weight is 422 g/mol. The lowest BCUT2D eigenvalue weighted by Gasteiger charge is -2.42. The smallest absolute Gasteiger partial charge is 0.104 e. The van der Waals surface area contributed by atoms with E-state index in [-0.39, 0.29) is 12.2 Å². The van der Waals surface area contributed by atoms with Crippen LogP contribution in [0, 0.1) is 11.8 Å². The highest BCUT2D eigenvalue weighted by Crippen LogP contribution is 2.33. The van der Waals surface area contributed by atoms with E-state index in [4.69, 9.17) is 0 Å². The van der Waals surface area contributed by atoms with Crippen molar-refractivity contribution in [1.29, 1.82) is 0 Å². The van der Waals surface area contributed by atoms with Gasteiger partial charge in [-0.25, -0.2) is 26.1 Å². The van der Waals surface area contributed by atoms with Crippen molar-refractivity contribution in [3.05, 3.63) is 23.4 Å². The van der Waals surface area contributed by atoms with E-state index in [1.165, 1.54) is 11.3 Å². The molecule has 2 saturated heterocycles. The maximum absolute atomic E-state index is 13.7. The standard InChI is InChI=1S/C21H36FN7O/c1-13-18(27-30)11-28-12-23-26-21(20(13)28)25-17-5-6-19-15(8-17)9-24-29(19)10-14-3-2-4-16(22)7-14/h2-3,13-14,16-18,20-21,23-27,30H,4-12H2,1H3. The van der Waals surface area contributed by atoms with Crippen molar-refractivity contribution >= 4 is 0 Å². The van der Waals surface area contributed by atoms with E-state index in [9.17, 15) is 9.60 Å². The zero-order valence-corrected chi connectivity index (χ0v) is 17.8. The van der Waals surface area contributed by atoms with Crippen LogP contribution in [-0.4, -0.2) is 71.9 Å². The first kappa shape index (κ1) is 20.8. The van der Waals surface area contributed by atoms with Gasteiger partial charge in [0.05, 0.1) is 12.8 Å². The number of nitrogens with one attached hydrogen (secondary N) is 5. The molecule has 7 unspecified atom stereocenters. The molecule has 8 nitrogen and oxygen atoms in total. The summed E-state index contributed by atoms with van der Waals surface area (Å²) in [6, 6.07) is 0.881. The van der Waals surface area contributed by atoms with E-state index in [1.54, 1.807) is 0 Å². The highest BCUT2D eigenvalue weighted by molar-refractivity contribution is 5.24. The number of rotatable bonds is 5. The van der Waals surface area contributed by atoms with Crippen LogP contribution in [0.25, 0.3) is 0 Å². The second kappa shape index (κ2) is 8.82. The van der Waals surface area contributed by atoms with E-state index in [1.807, 2.05) is 6.08 Å². The molecule has 0 radical (unpaired) electrons. The number of fused-ring (bicyclic) bond motifs is 1. The molecule has 0 saturated carbocycles. The molecule has 9 heteroatoms. The molecule has 168 valence electrons. The summed E-state index contributed by atoms with van der Waals surface area (Å²) >= 11 is 0. The second-order valence-corrected chi connectivity index (χ2v) is 9.67. The first-order chi connectivity index (χ1) is 14.6. The number of hydrazine groups is 2. The lowest BCUT2D eigenvalue weighted by Crippen LogP contribution is -2.68. The molecule has 5 rings (SSSR count). The fraction of sp³-hybridized carbons (Fsp3) is 0.810. The highest BCUT2D eigenvalue weighted by Gasteiger charge is 2.45. The third-order valence-corrected chi connectivity index (χ3v) is 7.70. The van der Waals surface area contributed by atoms with Crippen LogP contribution >= 0.6 is 0 Å². The Balaban J connectivity index is 1.19. The van der Waals surface area contributed by atoms with Crippen molar-refractivity contribution in [1.82, 2.24) is 37.0 Å². The van der Waals surface area contributed by atoms with Gasteiger partial charge in [-0.05, 0) is 49.5 Å². The van der Waals surface area contributed by atoms with Crippen LogP contribution < -0.4 is 27.1 Å². The van der Waals surface area contributed by atoms with Crippen molar-refractivity contribution in [2.24, 2.45) is 11.8 Å². The third kappa shape index (κ3) is 4.04. The van der Waals surface area contributed by atoms with Crippen LogP contribution in [0.3, 0.4) is 0 Å². The van der Waals surface area contributed by atoms with Crippen LogP contribution in [0.4, 0.5) is 4.39 Å². The van der Waals surface area contributed by atoms with Gasteiger partial charge in [-0.1, -0.05) is 19.1 Å². The summed E-state index contributed by atoms with van der Waals surface area (Å²) in [5, 5.41) is 15.6. The Labute approximate surface area is 178 Å². The number of halogens is 1. The van der Waals surface area contributed by atoms with E-state index < -0.39 is 6.17 Å². The number of hydrogen-bond acceptors (Lipinski definition) is 8. The zero-order chi connectivity index (χ0) is 20.7. The molecule has 7 atom stereocenters. The molecule has 30 heavy (non-hydrogen) atoms. The molecule has 0 spiro atoms. The largest absolute Gasteiger partial charge is 0.316 e. The van der Waals surface area contributed by atoms with Crippen molar-refractivity contribution in [2.45, 2.75) is 69.5 Å². The Hall–Kier alpha value is -1.07. The van der Waals surface area contributed by atoms with Gasteiger partial charge in [0, 0.05) is 43.5 Å². The summed E-state index contributed by atoms with van der Waals surface area (Å²) in [4.78, 5) is 2.40. The van der Waals surface area contributed by atoms with Gasteiger partial charge in [0.2, 0.25) is 0 Å². The molecule has 0 bridgehead atoms. The number of hydrogen-bond donors (Lipinski definition) is 6. The summed E-state index contributed by atoms with van der Waals surface area (Å²) in [7, 11) is 0. The average Bonchev–Trinajstić information content (AvgIpc) is 3.29. The summed E-state index contributed by atoms with van der Waals surface area (Å²) in [6.07, 6.45) is 8.07. The van der Waals surface area contributed by atoms with Crippen LogP contribution in [0.15, 0.2) is 23.4 Å². The van der Waals surface area contributed by atoms with E-state index in [0.29, 0.717) is 36.8 Å². The minimum absolute atomic E-state index is 0.104. The Bertz CT molecular complexity index is 686. The molecular formula is C21H36FN7O. The highest BCUT2D eigenvalue weighted by atomic mass is 19.1. The monoisotopic (exact) mass is 421 g/mol. The predicted octanol–water partition coefficient (Wildman–Crippen LogP) is 0.566. The lowest BCUT2D eigenvalue weighted by molar-refractivity contribution is 0.0763. The zero-order valence-electron chi connectivity index (χ0n) is 17.8. The molecule has 3 aliphatic heterocycles. The van der Waals surface area contributed by atoms with Gasteiger partial charge < -0.3 is 10.2 Å². The van der Waals surface area contributed by atoms with Crippen molar-refractivity contribution in [2.75, 3.05) is 26.3 Å². The fourth-order valence-corrected chi connectivity index (χ4v) is 6.09. The van der Waals surface area contributed by atoms with Gasteiger partial charge in [-0.3, -0.25) is 10.2 Å². The molecule has 2 fully saturated rings. The molecule has 5 aliphatic rings. The summed E-state index contributed by atoms with van der Waals surface area (Å²) in [6.45, 7) is 5.62. The number of alkyl halides is 1. The van der Waals surface area contributed by atoms with Crippen LogP contribution in [0.1, 0.15) is 39.0 Å². The normalized spacial score (nSPS) is 42.0. The quantitative estimate of drug-likeness (QED) is 0.284. The molecule has 3 heterocycles. The minimum Gasteiger partial charge on any atom is -0.316 e. The molecular weight excluding hydrogens is 385 g/mol. The van der Waals surface area contributed by atoms with E-state index in [2.05, 4.69) is 50.0 Å². The van der Waals surface area contributed by atoms with Gasteiger partial charge in [-0.15, -0.1) is 0 Å². The van der Waals surface area contributed by atoms with Gasteiger partial charge in [-0.2, -0.15) is 0 Å². The maximum atomic E-state index is 13.7. The molecule has 0 aromatic carbocycles. The predicted molar refractivity (Wildman–Crippen MR) is 113 cm³/mol.